The van der Waals surface area contributed by atoms with Crippen LogP contribution in [0.5, 0.6) is 0 Å². The van der Waals surface area contributed by atoms with Gasteiger partial charge >= 0.3 is 0 Å². The molecule has 1 amide bonds. The van der Waals surface area contributed by atoms with Crippen LogP contribution >= 0.6 is 0 Å². The van der Waals surface area contributed by atoms with Gasteiger partial charge in [-0.15, -0.1) is 0 Å². The van der Waals surface area contributed by atoms with Gasteiger partial charge in [0.15, 0.2) is 0 Å². The molecule has 0 radical (unpaired) electrons. The fourth-order valence-electron chi connectivity index (χ4n) is 1.71. The second-order valence-corrected chi connectivity index (χ2v) is 3.55. The number of aromatic nitrogens is 2. The minimum absolute atomic E-state index is 0.0292. The van der Waals surface area contributed by atoms with Gasteiger partial charge in [-0.3, -0.25) is 4.79 Å². The predicted molar refractivity (Wildman–Crippen MR) is 49.7 cm³/mol. The number of aliphatic hydroxyl groups excluding tert-OH is 1. The zero-order chi connectivity index (χ0) is 9.97. The highest BCUT2D eigenvalue weighted by molar-refractivity contribution is 5.92. The van der Waals surface area contributed by atoms with Crippen molar-refractivity contribution < 1.29 is 9.90 Å². The first-order valence-electron chi connectivity index (χ1n) is 4.69. The summed E-state index contributed by atoms with van der Waals surface area (Å²) in [6.45, 7) is 1.53. The van der Waals surface area contributed by atoms with Crippen LogP contribution < -0.4 is 0 Å². The number of carbonyl (C=O) groups excluding carboxylic acids is 1. The molecule has 0 aromatic carbocycles. The number of aliphatic hydroxyl groups is 1. The second kappa shape index (κ2) is 3.79. The molecule has 0 saturated carbocycles. The SMILES string of the molecule is O=C(c1cnc[nH]1)N1CCC(CO)C1. The number of nitrogens with zero attached hydrogens (tertiary/aromatic N) is 2. The van der Waals surface area contributed by atoms with E-state index in [1.807, 2.05) is 0 Å². The molecule has 1 unspecified atom stereocenters. The van der Waals surface area contributed by atoms with E-state index in [9.17, 15) is 4.79 Å². The number of H-pyrrole nitrogens is 1. The third kappa shape index (κ3) is 1.63. The molecule has 1 atom stereocenters. The molecule has 0 bridgehead atoms. The number of amides is 1. The van der Waals surface area contributed by atoms with Crippen LogP contribution in [0.25, 0.3) is 0 Å². The third-order valence-corrected chi connectivity index (χ3v) is 2.56. The standard InChI is InChI=1S/C9H13N3O2/c13-5-7-1-2-12(4-7)9(14)8-3-10-6-11-8/h3,6-7,13H,1-2,4-5H2,(H,10,11). The quantitative estimate of drug-likeness (QED) is 0.690. The van der Waals surface area contributed by atoms with Gasteiger partial charge in [0.1, 0.15) is 5.69 Å². The summed E-state index contributed by atoms with van der Waals surface area (Å²) in [5, 5.41) is 8.94. The predicted octanol–water partition coefficient (Wildman–Crippen LogP) is -0.136. The maximum absolute atomic E-state index is 11.7. The first-order chi connectivity index (χ1) is 6.81. The molecular weight excluding hydrogens is 182 g/mol. The fourth-order valence-corrected chi connectivity index (χ4v) is 1.71. The maximum Gasteiger partial charge on any atom is 0.271 e. The highest BCUT2D eigenvalue weighted by atomic mass is 16.3. The van der Waals surface area contributed by atoms with Gasteiger partial charge in [0.05, 0.1) is 12.5 Å². The number of imidazole rings is 1. The van der Waals surface area contributed by atoms with Crippen LogP contribution in [-0.4, -0.2) is 45.6 Å². The third-order valence-electron chi connectivity index (χ3n) is 2.56. The zero-order valence-electron chi connectivity index (χ0n) is 7.81. The monoisotopic (exact) mass is 195 g/mol. The molecule has 1 aliphatic rings. The van der Waals surface area contributed by atoms with Crippen LogP contribution in [0.4, 0.5) is 0 Å². The van der Waals surface area contributed by atoms with Crippen LogP contribution in [0.15, 0.2) is 12.5 Å². The van der Waals surface area contributed by atoms with Gasteiger partial charge in [0.25, 0.3) is 5.91 Å². The van der Waals surface area contributed by atoms with Crippen LogP contribution in [0.2, 0.25) is 0 Å². The van der Waals surface area contributed by atoms with Crippen molar-refractivity contribution in [2.45, 2.75) is 6.42 Å². The summed E-state index contributed by atoms with van der Waals surface area (Å²) in [6.07, 6.45) is 3.90. The lowest BCUT2D eigenvalue weighted by Crippen LogP contribution is -2.29. The normalized spacial score (nSPS) is 21.5. The summed E-state index contributed by atoms with van der Waals surface area (Å²) < 4.78 is 0. The maximum atomic E-state index is 11.7. The highest BCUT2D eigenvalue weighted by Crippen LogP contribution is 2.17. The van der Waals surface area contributed by atoms with E-state index in [1.165, 1.54) is 12.5 Å². The lowest BCUT2D eigenvalue weighted by atomic mass is 10.1. The van der Waals surface area contributed by atoms with E-state index in [1.54, 1.807) is 4.90 Å². The van der Waals surface area contributed by atoms with Gasteiger partial charge < -0.3 is 15.0 Å². The molecule has 1 saturated heterocycles. The van der Waals surface area contributed by atoms with E-state index in [2.05, 4.69) is 9.97 Å². The number of rotatable bonds is 2. The molecule has 2 N–H and O–H groups in total. The van der Waals surface area contributed by atoms with Crippen molar-refractivity contribution in [3.63, 3.8) is 0 Å². The number of nitrogens with one attached hydrogen (secondary N) is 1. The van der Waals surface area contributed by atoms with E-state index < -0.39 is 0 Å². The largest absolute Gasteiger partial charge is 0.396 e. The summed E-state index contributed by atoms with van der Waals surface area (Å²) in [7, 11) is 0. The molecule has 2 heterocycles. The van der Waals surface area contributed by atoms with Crippen LogP contribution in [0, 0.1) is 5.92 Å². The van der Waals surface area contributed by atoms with E-state index in [0.717, 1.165) is 13.0 Å². The lowest BCUT2D eigenvalue weighted by molar-refractivity contribution is 0.0776. The average Bonchev–Trinajstić information content (AvgIpc) is 2.88. The fraction of sp³-hybridized carbons (Fsp3) is 0.556. The Bertz CT molecular complexity index is 310. The molecule has 1 fully saturated rings. The van der Waals surface area contributed by atoms with Gasteiger partial charge in [-0.25, -0.2) is 4.98 Å². The van der Waals surface area contributed by atoms with Crippen molar-refractivity contribution >= 4 is 5.91 Å². The molecule has 0 spiro atoms. The van der Waals surface area contributed by atoms with Gasteiger partial charge in [-0.05, 0) is 6.42 Å². The van der Waals surface area contributed by atoms with Crippen LogP contribution in [-0.2, 0) is 0 Å². The molecule has 2 rings (SSSR count). The van der Waals surface area contributed by atoms with Crippen LogP contribution in [0.3, 0.4) is 0 Å². The number of hydrogen-bond acceptors (Lipinski definition) is 3. The Morgan fingerprint density at radius 1 is 1.79 bits per heavy atom. The van der Waals surface area contributed by atoms with Crippen molar-refractivity contribution in [1.29, 1.82) is 0 Å². The van der Waals surface area contributed by atoms with E-state index >= 15 is 0 Å². The first kappa shape index (κ1) is 9.21. The van der Waals surface area contributed by atoms with Gasteiger partial charge in [0.2, 0.25) is 0 Å². The molecule has 5 nitrogen and oxygen atoms in total. The van der Waals surface area contributed by atoms with Gasteiger partial charge in [-0.1, -0.05) is 0 Å². The number of hydrogen-bond donors (Lipinski definition) is 2. The molecule has 1 aromatic heterocycles. The molecule has 14 heavy (non-hydrogen) atoms. The van der Waals surface area contributed by atoms with Crippen molar-refractivity contribution in [2.75, 3.05) is 19.7 Å². The molecule has 5 heteroatoms. The Labute approximate surface area is 81.8 Å². The Morgan fingerprint density at radius 2 is 2.64 bits per heavy atom. The first-order valence-corrected chi connectivity index (χ1v) is 4.69. The van der Waals surface area contributed by atoms with Crippen molar-refractivity contribution in [2.24, 2.45) is 5.92 Å². The minimum Gasteiger partial charge on any atom is -0.396 e. The molecule has 1 aromatic rings. The molecule has 1 aliphatic heterocycles. The number of carbonyl (C=O) groups is 1. The molecule has 76 valence electrons. The smallest absolute Gasteiger partial charge is 0.271 e. The number of aromatic amines is 1. The topological polar surface area (TPSA) is 69.2 Å². The van der Waals surface area contributed by atoms with Crippen molar-refractivity contribution in [1.82, 2.24) is 14.9 Å². The number of likely N-dealkylation sites (tertiary alicyclic amines) is 1. The Morgan fingerprint density at radius 3 is 3.21 bits per heavy atom. The summed E-state index contributed by atoms with van der Waals surface area (Å²) in [6, 6.07) is 0. The summed E-state index contributed by atoms with van der Waals surface area (Å²) in [5.74, 6) is 0.209. The Kier molecular flexibility index (Phi) is 2.49. The Balaban J connectivity index is 2.00. The van der Waals surface area contributed by atoms with E-state index in [0.29, 0.717) is 12.2 Å². The summed E-state index contributed by atoms with van der Waals surface area (Å²) >= 11 is 0. The van der Waals surface area contributed by atoms with Gasteiger partial charge in [-0.2, -0.15) is 0 Å². The minimum atomic E-state index is -0.0292. The van der Waals surface area contributed by atoms with Crippen molar-refractivity contribution in [3.8, 4) is 0 Å². The van der Waals surface area contributed by atoms with E-state index in [4.69, 9.17) is 5.11 Å². The summed E-state index contributed by atoms with van der Waals surface area (Å²) in [4.78, 5) is 20.1. The average molecular weight is 195 g/mol. The second-order valence-electron chi connectivity index (χ2n) is 3.55. The Hall–Kier alpha value is -1.36. The molecule has 0 aliphatic carbocycles. The van der Waals surface area contributed by atoms with Crippen molar-refractivity contribution in [3.05, 3.63) is 18.2 Å². The summed E-state index contributed by atoms with van der Waals surface area (Å²) in [5.41, 5.74) is 0.517. The van der Waals surface area contributed by atoms with Crippen LogP contribution in [0.1, 0.15) is 16.9 Å². The highest BCUT2D eigenvalue weighted by Gasteiger charge is 2.26. The van der Waals surface area contributed by atoms with Gasteiger partial charge in [0, 0.05) is 25.6 Å². The molecular formula is C9H13N3O2. The van der Waals surface area contributed by atoms with E-state index in [-0.39, 0.29) is 18.4 Å². The zero-order valence-corrected chi connectivity index (χ0v) is 7.81. The lowest BCUT2D eigenvalue weighted by Gasteiger charge is -2.14.